The summed E-state index contributed by atoms with van der Waals surface area (Å²) in [7, 11) is 0. The maximum atomic E-state index is 5.79. The Bertz CT molecular complexity index is 778. The molecule has 3 N–H and O–H groups in total. The zero-order valence-corrected chi connectivity index (χ0v) is 14.3. The quantitative estimate of drug-likeness (QED) is 0.542. The molecule has 1 unspecified atom stereocenters. The van der Waals surface area contributed by atoms with Crippen molar-refractivity contribution in [3.05, 3.63) is 61.9 Å². The van der Waals surface area contributed by atoms with Crippen molar-refractivity contribution in [1.29, 1.82) is 0 Å². The minimum absolute atomic E-state index is 0.00861. The molecule has 2 heterocycles. The van der Waals surface area contributed by atoms with Crippen molar-refractivity contribution in [2.75, 3.05) is 0 Å². The lowest BCUT2D eigenvalue weighted by atomic mass is 10.0. The number of nitrogens with zero attached hydrogens (tertiary/aromatic N) is 1. The zero-order chi connectivity index (χ0) is 15.0. The molecule has 0 saturated carbocycles. The molecular formula is C16H16BrN3S. The average molecular weight is 362 g/mol. The molecule has 2 aromatic heterocycles. The van der Waals surface area contributed by atoms with Crippen LogP contribution in [0.5, 0.6) is 0 Å². The molecule has 1 aromatic carbocycles. The molecule has 0 radical (unpaired) electrons. The van der Waals surface area contributed by atoms with E-state index >= 15 is 0 Å². The molecule has 3 aromatic rings. The van der Waals surface area contributed by atoms with Crippen LogP contribution in [0, 0.1) is 13.8 Å². The number of pyridine rings is 1. The number of aryl methyl sites for hydroxylation is 2. The number of rotatable bonds is 3. The number of thiophene rings is 1. The van der Waals surface area contributed by atoms with E-state index in [1.165, 1.54) is 10.4 Å². The van der Waals surface area contributed by atoms with Crippen LogP contribution in [-0.2, 0) is 0 Å². The molecular weight excluding hydrogens is 346 g/mol. The molecule has 3 nitrogen and oxygen atoms in total. The van der Waals surface area contributed by atoms with Gasteiger partial charge in [-0.1, -0.05) is 12.1 Å². The summed E-state index contributed by atoms with van der Waals surface area (Å²) in [5.74, 6) is 5.79. The molecule has 0 saturated heterocycles. The van der Waals surface area contributed by atoms with Gasteiger partial charge in [0.25, 0.3) is 0 Å². The van der Waals surface area contributed by atoms with E-state index in [1.54, 1.807) is 11.3 Å². The number of hydrogen-bond acceptors (Lipinski definition) is 4. The van der Waals surface area contributed by atoms with Gasteiger partial charge in [0.15, 0.2) is 0 Å². The maximum absolute atomic E-state index is 5.79. The van der Waals surface area contributed by atoms with E-state index in [9.17, 15) is 0 Å². The highest BCUT2D eigenvalue weighted by molar-refractivity contribution is 9.11. The van der Waals surface area contributed by atoms with Crippen molar-refractivity contribution in [3.8, 4) is 0 Å². The van der Waals surface area contributed by atoms with E-state index in [0.29, 0.717) is 0 Å². The van der Waals surface area contributed by atoms with Crippen molar-refractivity contribution in [3.63, 3.8) is 0 Å². The summed E-state index contributed by atoms with van der Waals surface area (Å²) in [6, 6.07) is 12.6. The minimum atomic E-state index is -0.00861. The van der Waals surface area contributed by atoms with Crippen molar-refractivity contribution >= 4 is 38.2 Å². The Labute approximate surface area is 136 Å². The predicted molar refractivity (Wildman–Crippen MR) is 92.4 cm³/mol. The van der Waals surface area contributed by atoms with E-state index in [2.05, 4.69) is 63.6 Å². The van der Waals surface area contributed by atoms with Crippen molar-refractivity contribution < 1.29 is 0 Å². The predicted octanol–water partition coefficient (Wildman–Crippen LogP) is 4.23. The van der Waals surface area contributed by atoms with Gasteiger partial charge < -0.3 is 0 Å². The van der Waals surface area contributed by atoms with Crippen LogP contribution in [0.2, 0.25) is 0 Å². The lowest BCUT2D eigenvalue weighted by Gasteiger charge is -2.15. The van der Waals surface area contributed by atoms with Crippen LogP contribution < -0.4 is 11.3 Å². The van der Waals surface area contributed by atoms with Crippen LogP contribution in [0.3, 0.4) is 0 Å². The van der Waals surface area contributed by atoms with Gasteiger partial charge in [0, 0.05) is 16.0 Å². The van der Waals surface area contributed by atoms with Gasteiger partial charge in [-0.25, -0.2) is 5.43 Å². The topological polar surface area (TPSA) is 50.9 Å². The summed E-state index contributed by atoms with van der Waals surface area (Å²) in [4.78, 5) is 5.73. The van der Waals surface area contributed by atoms with Gasteiger partial charge in [0.2, 0.25) is 0 Å². The Morgan fingerprint density at radius 2 is 2.00 bits per heavy atom. The van der Waals surface area contributed by atoms with Crippen LogP contribution in [0.25, 0.3) is 10.9 Å². The zero-order valence-electron chi connectivity index (χ0n) is 11.9. The van der Waals surface area contributed by atoms with Gasteiger partial charge in [-0.3, -0.25) is 10.8 Å². The first kappa shape index (κ1) is 14.7. The molecule has 3 rings (SSSR count). The van der Waals surface area contributed by atoms with Gasteiger partial charge in [0.05, 0.1) is 15.3 Å². The normalized spacial score (nSPS) is 12.8. The summed E-state index contributed by atoms with van der Waals surface area (Å²) >= 11 is 5.28. The fourth-order valence-electron chi connectivity index (χ4n) is 2.39. The third-order valence-corrected chi connectivity index (χ3v) is 5.71. The summed E-state index contributed by atoms with van der Waals surface area (Å²) in [6.07, 6.45) is 0. The Balaban J connectivity index is 2.06. The first-order valence-electron chi connectivity index (χ1n) is 6.68. The second-order valence-electron chi connectivity index (χ2n) is 5.11. The molecule has 0 spiro atoms. The third-order valence-electron chi connectivity index (χ3n) is 3.51. The Morgan fingerprint density at radius 1 is 1.19 bits per heavy atom. The first-order valence-corrected chi connectivity index (χ1v) is 8.28. The third kappa shape index (κ3) is 2.87. The van der Waals surface area contributed by atoms with E-state index in [0.717, 1.165) is 25.9 Å². The fraction of sp³-hybridized carbons (Fsp3) is 0.188. The van der Waals surface area contributed by atoms with Gasteiger partial charge in [0.1, 0.15) is 0 Å². The number of nitrogens with one attached hydrogen (secondary N) is 1. The lowest BCUT2D eigenvalue weighted by Crippen LogP contribution is -2.28. The van der Waals surface area contributed by atoms with Crippen molar-refractivity contribution in [1.82, 2.24) is 10.4 Å². The van der Waals surface area contributed by atoms with Gasteiger partial charge in [-0.05, 0) is 65.2 Å². The first-order chi connectivity index (χ1) is 10.1. The molecule has 0 bridgehead atoms. The van der Waals surface area contributed by atoms with Gasteiger partial charge in [-0.15, -0.1) is 11.3 Å². The van der Waals surface area contributed by atoms with Crippen LogP contribution in [0.1, 0.15) is 27.7 Å². The lowest BCUT2D eigenvalue weighted by molar-refractivity contribution is 0.647. The Morgan fingerprint density at radius 3 is 2.67 bits per heavy atom. The smallest absolute Gasteiger partial charge is 0.0803 e. The van der Waals surface area contributed by atoms with Crippen molar-refractivity contribution in [2.45, 2.75) is 19.9 Å². The Hall–Kier alpha value is -1.27. The summed E-state index contributed by atoms with van der Waals surface area (Å²) in [5.41, 5.74) is 7.33. The van der Waals surface area contributed by atoms with E-state index in [-0.39, 0.29) is 6.04 Å². The standard InChI is InChI=1S/C16H16BrN3S/c1-9-7-14(21-16(9)17)15(20-18)12-5-6-13-11(8-12)4-3-10(2)19-13/h3-8,15,20H,18H2,1-2H3. The van der Waals surface area contributed by atoms with E-state index < -0.39 is 0 Å². The number of nitrogens with two attached hydrogens (primary N) is 1. The number of hydrazine groups is 1. The number of halogens is 1. The minimum Gasteiger partial charge on any atom is -0.271 e. The highest BCUT2D eigenvalue weighted by Gasteiger charge is 2.16. The number of benzene rings is 1. The molecule has 5 heteroatoms. The fourth-order valence-corrected chi connectivity index (χ4v) is 4.05. The SMILES string of the molecule is Cc1ccc2cc(C(NN)c3cc(C)c(Br)s3)ccc2n1. The average Bonchev–Trinajstić information content (AvgIpc) is 2.79. The summed E-state index contributed by atoms with van der Waals surface area (Å²) in [5, 5.41) is 1.13. The molecule has 21 heavy (non-hydrogen) atoms. The summed E-state index contributed by atoms with van der Waals surface area (Å²) < 4.78 is 1.15. The number of aromatic nitrogens is 1. The van der Waals surface area contributed by atoms with Crippen LogP contribution in [0.15, 0.2) is 40.2 Å². The van der Waals surface area contributed by atoms with E-state index in [1.807, 2.05) is 13.0 Å². The van der Waals surface area contributed by atoms with Crippen molar-refractivity contribution in [2.24, 2.45) is 5.84 Å². The second kappa shape index (κ2) is 5.85. The molecule has 0 aliphatic heterocycles. The molecule has 0 aliphatic carbocycles. The molecule has 0 fully saturated rings. The molecule has 0 aliphatic rings. The van der Waals surface area contributed by atoms with Crippen LogP contribution in [-0.4, -0.2) is 4.98 Å². The highest BCUT2D eigenvalue weighted by Crippen LogP contribution is 2.34. The number of hydrogen-bond donors (Lipinski definition) is 2. The molecule has 108 valence electrons. The van der Waals surface area contributed by atoms with Crippen LogP contribution >= 0.6 is 27.3 Å². The Kier molecular flexibility index (Phi) is 4.08. The summed E-state index contributed by atoms with van der Waals surface area (Å²) in [6.45, 7) is 4.09. The second-order valence-corrected chi connectivity index (χ2v) is 7.51. The van der Waals surface area contributed by atoms with Crippen LogP contribution in [0.4, 0.5) is 0 Å². The largest absolute Gasteiger partial charge is 0.271 e. The maximum Gasteiger partial charge on any atom is 0.0803 e. The van der Waals surface area contributed by atoms with Gasteiger partial charge in [-0.2, -0.15) is 0 Å². The van der Waals surface area contributed by atoms with E-state index in [4.69, 9.17) is 5.84 Å². The molecule has 0 amide bonds. The van der Waals surface area contributed by atoms with Gasteiger partial charge >= 0.3 is 0 Å². The number of fused-ring (bicyclic) bond motifs is 1. The molecule has 1 atom stereocenters. The highest BCUT2D eigenvalue weighted by atomic mass is 79.9. The monoisotopic (exact) mass is 361 g/mol.